The first-order chi connectivity index (χ1) is 18.7. The molecule has 4 heterocycles. The molecule has 3 aromatic heterocycles. The predicted molar refractivity (Wildman–Crippen MR) is 156 cm³/mol. The molecule has 1 aliphatic rings. The van der Waals surface area contributed by atoms with E-state index in [1.54, 1.807) is 25.8 Å². The van der Waals surface area contributed by atoms with E-state index in [-0.39, 0.29) is 5.41 Å². The molecule has 39 heavy (non-hydrogen) atoms. The lowest BCUT2D eigenvalue weighted by molar-refractivity contribution is 0.413. The van der Waals surface area contributed by atoms with Crippen molar-refractivity contribution >= 4 is 34.5 Å². The molecule has 0 saturated heterocycles. The van der Waals surface area contributed by atoms with Gasteiger partial charge >= 0.3 is 0 Å². The number of nitrogens with two attached hydrogens (primary N) is 1. The normalized spacial score (nSPS) is 14.0. The number of aromatic nitrogens is 5. The SMILES string of the molecule is COc1cc(N(C)CCN(C)C)c(N)cc1Nc1nccc(N2CC(C)(C)c3nc(-n4ccnc4)ccc32)n1. The fraction of sp³-hybridized carbons (Fsp3) is 0.357. The Morgan fingerprint density at radius 1 is 1.05 bits per heavy atom. The Hall–Kier alpha value is -4.38. The minimum absolute atomic E-state index is 0.170. The standard InChI is InChI=1S/C28H36N10O/c1-28(2)17-38(21-7-8-24(33-26(21)28)37-12-11-30-18-37)25-9-10-31-27(34-25)32-20-15-19(29)22(16-23(20)39-6)36(5)14-13-35(3)4/h7-12,15-16,18H,13-14,17,29H2,1-6H3,(H,31,32,34). The molecule has 0 fully saturated rings. The maximum Gasteiger partial charge on any atom is 0.229 e. The molecular formula is C28H36N10O. The van der Waals surface area contributed by atoms with Crippen LogP contribution in [-0.2, 0) is 5.41 Å². The number of nitrogen functional groups attached to an aromatic ring is 1. The largest absolute Gasteiger partial charge is 0.494 e. The van der Waals surface area contributed by atoms with Gasteiger partial charge < -0.3 is 30.5 Å². The molecule has 204 valence electrons. The lowest BCUT2D eigenvalue weighted by atomic mass is 9.91. The maximum atomic E-state index is 6.45. The summed E-state index contributed by atoms with van der Waals surface area (Å²) in [5, 5.41) is 3.31. The van der Waals surface area contributed by atoms with Crippen molar-refractivity contribution in [1.82, 2.24) is 29.4 Å². The van der Waals surface area contributed by atoms with Crippen molar-refractivity contribution in [3.63, 3.8) is 0 Å². The molecule has 0 unspecified atom stereocenters. The van der Waals surface area contributed by atoms with Gasteiger partial charge in [-0.3, -0.25) is 4.57 Å². The quantitative estimate of drug-likeness (QED) is 0.311. The Morgan fingerprint density at radius 2 is 1.87 bits per heavy atom. The van der Waals surface area contributed by atoms with E-state index in [9.17, 15) is 0 Å². The Bertz CT molecular complexity index is 1450. The molecule has 1 aliphatic heterocycles. The lowest BCUT2D eigenvalue weighted by Gasteiger charge is -2.24. The number of pyridine rings is 1. The van der Waals surface area contributed by atoms with Gasteiger partial charge in [0.25, 0.3) is 0 Å². The van der Waals surface area contributed by atoms with E-state index in [4.69, 9.17) is 20.4 Å². The summed E-state index contributed by atoms with van der Waals surface area (Å²) in [6, 6.07) is 9.82. The van der Waals surface area contributed by atoms with Gasteiger partial charge in [0.2, 0.25) is 5.95 Å². The zero-order chi connectivity index (χ0) is 27.7. The summed E-state index contributed by atoms with van der Waals surface area (Å²) in [5.74, 6) is 2.73. The highest BCUT2D eigenvalue weighted by atomic mass is 16.5. The molecule has 0 spiro atoms. The molecule has 11 heteroatoms. The highest BCUT2D eigenvalue weighted by Gasteiger charge is 2.38. The van der Waals surface area contributed by atoms with E-state index < -0.39 is 0 Å². The van der Waals surface area contributed by atoms with Gasteiger partial charge in [-0.15, -0.1) is 0 Å². The van der Waals surface area contributed by atoms with E-state index in [2.05, 4.69) is 64.0 Å². The highest BCUT2D eigenvalue weighted by Crippen LogP contribution is 2.43. The second kappa shape index (κ2) is 10.4. The molecule has 5 rings (SSSR count). The smallest absolute Gasteiger partial charge is 0.229 e. The zero-order valence-electron chi connectivity index (χ0n) is 23.4. The van der Waals surface area contributed by atoms with Crippen molar-refractivity contribution < 1.29 is 4.74 Å². The van der Waals surface area contributed by atoms with Crippen molar-refractivity contribution in [3.8, 4) is 11.6 Å². The van der Waals surface area contributed by atoms with Crippen LogP contribution in [0.5, 0.6) is 5.75 Å². The third kappa shape index (κ3) is 5.30. The number of likely N-dealkylation sites (N-methyl/N-ethyl adjacent to an activating group) is 2. The molecular weight excluding hydrogens is 492 g/mol. The van der Waals surface area contributed by atoms with E-state index in [1.807, 2.05) is 42.1 Å². The zero-order valence-corrected chi connectivity index (χ0v) is 23.4. The van der Waals surface area contributed by atoms with Gasteiger partial charge in [0, 0.05) is 56.8 Å². The van der Waals surface area contributed by atoms with Gasteiger partial charge in [-0.25, -0.2) is 15.0 Å². The fourth-order valence-electron chi connectivity index (χ4n) is 4.79. The van der Waals surface area contributed by atoms with Gasteiger partial charge in [-0.1, -0.05) is 13.8 Å². The first-order valence-electron chi connectivity index (χ1n) is 12.9. The number of hydrogen-bond acceptors (Lipinski definition) is 10. The van der Waals surface area contributed by atoms with Crippen LogP contribution in [0.2, 0.25) is 0 Å². The first-order valence-corrected chi connectivity index (χ1v) is 12.9. The fourth-order valence-corrected chi connectivity index (χ4v) is 4.79. The molecule has 0 amide bonds. The summed E-state index contributed by atoms with van der Waals surface area (Å²) < 4.78 is 7.61. The molecule has 4 aromatic rings. The number of rotatable bonds is 9. The Balaban J connectivity index is 1.41. The van der Waals surface area contributed by atoms with Crippen molar-refractivity contribution in [1.29, 1.82) is 0 Å². The predicted octanol–water partition coefficient (Wildman–Crippen LogP) is 3.82. The Morgan fingerprint density at radius 3 is 2.59 bits per heavy atom. The topological polar surface area (TPSA) is 113 Å². The lowest BCUT2D eigenvalue weighted by Crippen LogP contribution is -2.29. The minimum atomic E-state index is -0.170. The molecule has 0 bridgehead atoms. The van der Waals surface area contributed by atoms with Crippen molar-refractivity contribution in [3.05, 3.63) is 60.9 Å². The summed E-state index contributed by atoms with van der Waals surface area (Å²) in [5.41, 5.74) is 10.6. The monoisotopic (exact) mass is 528 g/mol. The van der Waals surface area contributed by atoms with Gasteiger partial charge in [0.15, 0.2) is 0 Å². The average Bonchev–Trinajstić information content (AvgIpc) is 3.54. The maximum absolute atomic E-state index is 6.45. The van der Waals surface area contributed by atoms with Crippen LogP contribution in [-0.4, -0.2) is 77.3 Å². The number of fused-ring (bicyclic) bond motifs is 1. The number of anilines is 6. The second-order valence-electron chi connectivity index (χ2n) is 10.7. The van der Waals surface area contributed by atoms with E-state index in [1.165, 1.54) is 0 Å². The van der Waals surface area contributed by atoms with E-state index in [0.29, 0.717) is 23.1 Å². The van der Waals surface area contributed by atoms with Crippen LogP contribution in [0, 0.1) is 0 Å². The number of methoxy groups -OCH3 is 1. The number of nitrogens with one attached hydrogen (secondary N) is 1. The molecule has 0 radical (unpaired) electrons. The number of benzene rings is 1. The van der Waals surface area contributed by atoms with Crippen molar-refractivity contribution in [2.45, 2.75) is 19.3 Å². The average molecular weight is 529 g/mol. The second-order valence-corrected chi connectivity index (χ2v) is 10.7. The van der Waals surface area contributed by atoms with E-state index in [0.717, 1.165) is 48.3 Å². The third-order valence-corrected chi connectivity index (χ3v) is 6.92. The summed E-state index contributed by atoms with van der Waals surface area (Å²) in [7, 11) is 7.77. The number of hydrogen-bond donors (Lipinski definition) is 2. The van der Waals surface area contributed by atoms with Crippen LogP contribution in [0.4, 0.5) is 34.5 Å². The molecule has 0 saturated carbocycles. The number of imidazole rings is 1. The van der Waals surface area contributed by atoms with Gasteiger partial charge in [0.05, 0.1) is 35.6 Å². The number of ether oxygens (including phenoxy) is 1. The Kier molecular flexibility index (Phi) is 7.00. The Labute approximate surface area is 229 Å². The molecule has 11 nitrogen and oxygen atoms in total. The van der Waals surface area contributed by atoms with Gasteiger partial charge in [-0.05, 0) is 38.4 Å². The summed E-state index contributed by atoms with van der Waals surface area (Å²) in [6.07, 6.45) is 7.15. The van der Waals surface area contributed by atoms with Crippen molar-refractivity contribution in [2.24, 2.45) is 0 Å². The molecule has 1 aromatic carbocycles. The van der Waals surface area contributed by atoms with Crippen LogP contribution in [0.15, 0.2) is 55.2 Å². The first kappa shape index (κ1) is 26.2. The third-order valence-electron chi connectivity index (χ3n) is 6.92. The highest BCUT2D eigenvalue weighted by molar-refractivity contribution is 5.79. The summed E-state index contributed by atoms with van der Waals surface area (Å²) >= 11 is 0. The van der Waals surface area contributed by atoms with Crippen LogP contribution < -0.4 is 25.6 Å². The van der Waals surface area contributed by atoms with Gasteiger partial charge in [-0.2, -0.15) is 4.98 Å². The van der Waals surface area contributed by atoms with Crippen LogP contribution in [0.1, 0.15) is 19.5 Å². The van der Waals surface area contributed by atoms with Crippen molar-refractivity contribution in [2.75, 3.05) is 68.7 Å². The van der Waals surface area contributed by atoms with Crippen LogP contribution in [0.25, 0.3) is 5.82 Å². The minimum Gasteiger partial charge on any atom is -0.494 e. The van der Waals surface area contributed by atoms with Crippen LogP contribution in [0.3, 0.4) is 0 Å². The van der Waals surface area contributed by atoms with E-state index >= 15 is 0 Å². The summed E-state index contributed by atoms with van der Waals surface area (Å²) in [4.78, 5) is 24.9. The number of nitrogens with zero attached hydrogens (tertiary/aromatic N) is 8. The molecule has 0 aliphatic carbocycles. The summed E-state index contributed by atoms with van der Waals surface area (Å²) in [6.45, 7) is 6.88. The molecule has 3 N–H and O–H groups in total. The van der Waals surface area contributed by atoms with Gasteiger partial charge in [0.1, 0.15) is 23.7 Å². The van der Waals surface area contributed by atoms with Crippen LogP contribution >= 0.6 is 0 Å². The molecule has 0 atom stereocenters.